The quantitative estimate of drug-likeness (QED) is 0.510. The molecule has 0 aromatic heterocycles. The molecule has 2 N–H and O–H groups in total. The van der Waals surface area contributed by atoms with Crippen molar-refractivity contribution in [2.75, 3.05) is 6.61 Å². The van der Waals surface area contributed by atoms with Gasteiger partial charge in [-0.15, -0.1) is 0 Å². The second-order valence-corrected chi connectivity index (χ2v) is 2.16. The Labute approximate surface area is 54.3 Å². The van der Waals surface area contributed by atoms with Crippen molar-refractivity contribution in [3.63, 3.8) is 0 Å². The zero-order valence-corrected chi connectivity index (χ0v) is 5.45. The van der Waals surface area contributed by atoms with Crippen LogP contribution in [0.1, 0.15) is 13.3 Å². The van der Waals surface area contributed by atoms with Crippen LogP contribution in [0, 0.1) is 5.92 Å². The molecule has 0 spiro atoms. The number of aldehydes is 1. The molecule has 0 saturated heterocycles. The Morgan fingerprint density at radius 1 is 1.67 bits per heavy atom. The molecule has 0 amide bonds. The van der Waals surface area contributed by atoms with Crippen LogP contribution in [0.4, 0.5) is 0 Å². The Hall–Kier alpha value is -0.410. The van der Waals surface area contributed by atoms with E-state index in [1.54, 1.807) is 6.92 Å². The van der Waals surface area contributed by atoms with Crippen molar-refractivity contribution in [2.45, 2.75) is 19.4 Å². The molecule has 2 unspecified atom stereocenters. The Morgan fingerprint density at radius 2 is 2.22 bits per heavy atom. The van der Waals surface area contributed by atoms with Crippen molar-refractivity contribution < 1.29 is 15.0 Å². The molecule has 0 fully saturated rings. The summed E-state index contributed by atoms with van der Waals surface area (Å²) < 4.78 is 0. The highest BCUT2D eigenvalue weighted by molar-refractivity contribution is 5.53. The molecular weight excluding hydrogens is 120 g/mol. The first-order chi connectivity index (χ1) is 4.20. The molecular formula is C6H12O3. The molecule has 2 atom stereocenters. The molecule has 0 bridgehead atoms. The van der Waals surface area contributed by atoms with Gasteiger partial charge < -0.3 is 15.0 Å². The zero-order chi connectivity index (χ0) is 7.28. The van der Waals surface area contributed by atoms with Gasteiger partial charge in [-0.3, -0.25) is 0 Å². The number of aliphatic hydroxyl groups excluding tert-OH is 2. The number of carbonyl (C=O) groups excluding carboxylic acids is 1. The lowest BCUT2D eigenvalue weighted by atomic mass is 10.1. The molecule has 0 aliphatic carbocycles. The van der Waals surface area contributed by atoms with Crippen LogP contribution in [-0.4, -0.2) is 29.2 Å². The lowest BCUT2D eigenvalue weighted by molar-refractivity contribution is -0.113. The smallest absolute Gasteiger partial charge is 0.125 e. The van der Waals surface area contributed by atoms with Crippen LogP contribution in [0.2, 0.25) is 0 Å². The first-order valence-electron chi connectivity index (χ1n) is 2.95. The number of hydrogen-bond acceptors (Lipinski definition) is 3. The van der Waals surface area contributed by atoms with Gasteiger partial charge in [0, 0.05) is 5.92 Å². The van der Waals surface area contributed by atoms with Crippen LogP contribution in [-0.2, 0) is 4.79 Å². The van der Waals surface area contributed by atoms with Gasteiger partial charge in [-0.25, -0.2) is 0 Å². The summed E-state index contributed by atoms with van der Waals surface area (Å²) in [5.41, 5.74) is 0. The molecule has 3 heteroatoms. The van der Waals surface area contributed by atoms with E-state index in [1.807, 2.05) is 0 Å². The highest BCUT2D eigenvalue weighted by atomic mass is 16.3. The van der Waals surface area contributed by atoms with E-state index in [2.05, 4.69) is 0 Å². The highest BCUT2D eigenvalue weighted by Gasteiger charge is 2.07. The van der Waals surface area contributed by atoms with Gasteiger partial charge in [0.1, 0.15) is 6.29 Å². The number of hydrogen-bond donors (Lipinski definition) is 2. The summed E-state index contributed by atoms with van der Waals surface area (Å²) in [5.74, 6) is -0.398. The summed E-state index contributed by atoms with van der Waals surface area (Å²) >= 11 is 0. The maximum absolute atomic E-state index is 10.0. The van der Waals surface area contributed by atoms with E-state index in [-0.39, 0.29) is 6.61 Å². The maximum atomic E-state index is 10.0. The minimum atomic E-state index is -0.507. The van der Waals surface area contributed by atoms with Crippen LogP contribution in [0.15, 0.2) is 0 Å². The van der Waals surface area contributed by atoms with Crippen molar-refractivity contribution in [3.8, 4) is 0 Å². The molecule has 0 aliphatic heterocycles. The van der Waals surface area contributed by atoms with E-state index in [0.717, 1.165) is 0 Å². The van der Waals surface area contributed by atoms with E-state index in [1.165, 1.54) is 0 Å². The largest absolute Gasteiger partial charge is 0.396 e. The first kappa shape index (κ1) is 8.59. The summed E-state index contributed by atoms with van der Waals surface area (Å²) in [4.78, 5) is 10.0. The fraction of sp³-hybridized carbons (Fsp3) is 0.833. The van der Waals surface area contributed by atoms with Gasteiger partial charge in [-0.1, -0.05) is 0 Å². The standard InChI is InChI=1S/C6H12O3/c1-5(9)2-6(3-7)4-8/h3,5-6,8-9H,2,4H2,1H3. The van der Waals surface area contributed by atoms with Gasteiger partial charge in [0.25, 0.3) is 0 Å². The third kappa shape index (κ3) is 4.12. The summed E-state index contributed by atoms with van der Waals surface area (Å²) in [6.45, 7) is 1.42. The molecule has 0 saturated carbocycles. The normalized spacial score (nSPS) is 16.8. The van der Waals surface area contributed by atoms with Crippen LogP contribution < -0.4 is 0 Å². The average molecular weight is 132 g/mol. The van der Waals surface area contributed by atoms with Crippen molar-refractivity contribution in [2.24, 2.45) is 5.92 Å². The van der Waals surface area contributed by atoms with Crippen LogP contribution in [0.25, 0.3) is 0 Å². The summed E-state index contributed by atoms with van der Waals surface area (Å²) in [6, 6.07) is 0. The molecule has 0 aromatic rings. The SMILES string of the molecule is CC(O)CC(C=O)CO. The van der Waals surface area contributed by atoms with Crippen molar-refractivity contribution in [1.82, 2.24) is 0 Å². The summed E-state index contributed by atoms with van der Waals surface area (Å²) in [7, 11) is 0. The van der Waals surface area contributed by atoms with Crippen LogP contribution in [0.5, 0.6) is 0 Å². The maximum Gasteiger partial charge on any atom is 0.125 e. The van der Waals surface area contributed by atoms with E-state index >= 15 is 0 Å². The fourth-order valence-electron chi connectivity index (χ4n) is 0.611. The first-order valence-corrected chi connectivity index (χ1v) is 2.95. The lowest BCUT2D eigenvalue weighted by Gasteiger charge is -2.07. The number of aliphatic hydroxyl groups is 2. The monoisotopic (exact) mass is 132 g/mol. The number of carbonyl (C=O) groups is 1. The van der Waals surface area contributed by atoms with Gasteiger partial charge in [0.15, 0.2) is 0 Å². The Balaban J connectivity index is 3.42. The lowest BCUT2D eigenvalue weighted by Crippen LogP contribution is -2.14. The molecule has 0 aromatic carbocycles. The predicted molar refractivity (Wildman–Crippen MR) is 32.9 cm³/mol. The third-order valence-corrected chi connectivity index (χ3v) is 1.07. The van der Waals surface area contributed by atoms with Gasteiger partial charge >= 0.3 is 0 Å². The highest BCUT2D eigenvalue weighted by Crippen LogP contribution is 2.01. The van der Waals surface area contributed by atoms with Crippen molar-refractivity contribution in [3.05, 3.63) is 0 Å². The van der Waals surface area contributed by atoms with Crippen LogP contribution >= 0.6 is 0 Å². The molecule has 0 heterocycles. The van der Waals surface area contributed by atoms with Crippen molar-refractivity contribution >= 4 is 6.29 Å². The van der Waals surface area contributed by atoms with E-state index < -0.39 is 12.0 Å². The fourth-order valence-corrected chi connectivity index (χ4v) is 0.611. The second kappa shape index (κ2) is 4.47. The van der Waals surface area contributed by atoms with E-state index in [4.69, 9.17) is 10.2 Å². The van der Waals surface area contributed by atoms with E-state index in [9.17, 15) is 4.79 Å². The van der Waals surface area contributed by atoms with Gasteiger partial charge in [-0.05, 0) is 13.3 Å². The zero-order valence-electron chi connectivity index (χ0n) is 5.45. The molecule has 0 radical (unpaired) electrons. The Kier molecular flexibility index (Phi) is 4.26. The van der Waals surface area contributed by atoms with Gasteiger partial charge in [-0.2, -0.15) is 0 Å². The Bertz CT molecular complexity index is 80.4. The third-order valence-electron chi connectivity index (χ3n) is 1.07. The molecule has 54 valence electrons. The van der Waals surface area contributed by atoms with Gasteiger partial charge in [0.2, 0.25) is 0 Å². The van der Waals surface area contributed by atoms with Crippen molar-refractivity contribution in [1.29, 1.82) is 0 Å². The van der Waals surface area contributed by atoms with E-state index in [0.29, 0.717) is 12.7 Å². The molecule has 9 heavy (non-hydrogen) atoms. The minimum Gasteiger partial charge on any atom is -0.396 e. The summed E-state index contributed by atoms with van der Waals surface area (Å²) in [6.07, 6.45) is 0.500. The van der Waals surface area contributed by atoms with Crippen LogP contribution in [0.3, 0.4) is 0 Å². The molecule has 0 rings (SSSR count). The molecule has 0 aliphatic rings. The molecule has 3 nitrogen and oxygen atoms in total. The second-order valence-electron chi connectivity index (χ2n) is 2.16. The predicted octanol–water partition coefficient (Wildman–Crippen LogP) is -0.435. The summed E-state index contributed by atoms with van der Waals surface area (Å²) in [5, 5.41) is 17.1. The topological polar surface area (TPSA) is 57.5 Å². The van der Waals surface area contributed by atoms with Gasteiger partial charge in [0.05, 0.1) is 12.7 Å². The average Bonchev–Trinajstić information content (AvgIpc) is 1.82. The minimum absolute atomic E-state index is 0.172. The number of rotatable bonds is 4. The Morgan fingerprint density at radius 3 is 2.33 bits per heavy atom.